The van der Waals surface area contributed by atoms with Crippen LogP contribution in [0.4, 0.5) is 20.3 Å². The number of benzene rings is 1. The van der Waals surface area contributed by atoms with Crippen LogP contribution in [0.1, 0.15) is 17.8 Å². The number of imidazole rings is 1. The molecule has 4 rings (SSSR count). The molecule has 1 N–H and O–H groups in total. The second-order valence-corrected chi connectivity index (χ2v) is 6.40. The van der Waals surface area contributed by atoms with Gasteiger partial charge in [0.15, 0.2) is 16.8 Å². The molecule has 0 amide bonds. The van der Waals surface area contributed by atoms with E-state index in [9.17, 15) is 8.78 Å². The van der Waals surface area contributed by atoms with Crippen LogP contribution in [0.15, 0.2) is 36.8 Å². The van der Waals surface area contributed by atoms with Crippen molar-refractivity contribution >= 4 is 34.1 Å². The predicted octanol–water partition coefficient (Wildman–Crippen LogP) is 4.26. The van der Waals surface area contributed by atoms with E-state index in [0.717, 1.165) is 5.69 Å². The molecule has 0 fully saturated rings. The van der Waals surface area contributed by atoms with E-state index in [1.165, 1.54) is 12.5 Å². The average Bonchev–Trinajstić information content (AvgIpc) is 3.11. The van der Waals surface area contributed by atoms with Gasteiger partial charge in [-0.15, -0.1) is 5.10 Å². The minimum absolute atomic E-state index is 0.258. The number of halogens is 3. The molecule has 11 heteroatoms. The van der Waals surface area contributed by atoms with E-state index in [0.29, 0.717) is 28.3 Å². The number of rotatable bonds is 5. The highest BCUT2D eigenvalue weighted by atomic mass is 35.5. The smallest absolute Gasteiger partial charge is 0.283 e. The van der Waals surface area contributed by atoms with Crippen molar-refractivity contribution in [2.75, 3.05) is 12.4 Å². The Morgan fingerprint density at radius 3 is 2.66 bits per heavy atom. The summed E-state index contributed by atoms with van der Waals surface area (Å²) >= 11 is 5.86. The summed E-state index contributed by atoms with van der Waals surface area (Å²) in [7, 11) is 1.54. The number of fused-ring (bicyclic) bond motifs is 1. The zero-order chi connectivity index (χ0) is 20.5. The molecule has 0 saturated heterocycles. The largest absolute Gasteiger partial charge is 0.494 e. The standard InChI is InChI=1S/C18H14ClF2N7O/c1-9-3-4-14(27-26-9)24-11-5-12-10(6-13(11)29-2)23-8-28(12)15-7-22-16(18(20)21)17(19)25-15/h3-8,18H,1-2H3,(H,24,27). The van der Waals surface area contributed by atoms with Gasteiger partial charge in [-0.1, -0.05) is 11.6 Å². The van der Waals surface area contributed by atoms with Crippen LogP contribution in [0.5, 0.6) is 5.75 Å². The van der Waals surface area contributed by atoms with E-state index in [2.05, 4.69) is 30.5 Å². The number of anilines is 2. The van der Waals surface area contributed by atoms with Gasteiger partial charge >= 0.3 is 0 Å². The van der Waals surface area contributed by atoms with Crippen LogP contribution in [-0.4, -0.2) is 36.8 Å². The Bertz CT molecular complexity index is 1180. The van der Waals surface area contributed by atoms with Crippen molar-refractivity contribution in [1.29, 1.82) is 0 Å². The van der Waals surface area contributed by atoms with Crippen LogP contribution in [0.3, 0.4) is 0 Å². The molecule has 0 saturated carbocycles. The third kappa shape index (κ3) is 3.66. The van der Waals surface area contributed by atoms with E-state index < -0.39 is 12.1 Å². The quantitative estimate of drug-likeness (QED) is 0.518. The van der Waals surface area contributed by atoms with E-state index in [-0.39, 0.29) is 11.0 Å². The Hall–Kier alpha value is -3.40. The summed E-state index contributed by atoms with van der Waals surface area (Å²) in [5.74, 6) is 1.33. The Balaban J connectivity index is 1.79. The molecule has 29 heavy (non-hydrogen) atoms. The fraction of sp³-hybridized carbons (Fsp3) is 0.167. The van der Waals surface area contributed by atoms with Crippen molar-refractivity contribution in [3.8, 4) is 11.6 Å². The summed E-state index contributed by atoms with van der Waals surface area (Å²) in [5.41, 5.74) is 2.09. The summed E-state index contributed by atoms with van der Waals surface area (Å²) in [5, 5.41) is 10.9. The second-order valence-electron chi connectivity index (χ2n) is 6.05. The summed E-state index contributed by atoms with van der Waals surface area (Å²) < 4.78 is 32.8. The van der Waals surface area contributed by atoms with Crippen molar-refractivity contribution in [3.63, 3.8) is 0 Å². The molecule has 0 spiro atoms. The molecule has 1 aromatic carbocycles. The zero-order valence-electron chi connectivity index (χ0n) is 15.3. The van der Waals surface area contributed by atoms with Crippen LogP contribution in [0.25, 0.3) is 16.9 Å². The van der Waals surface area contributed by atoms with Crippen molar-refractivity contribution < 1.29 is 13.5 Å². The first kappa shape index (κ1) is 18.9. The monoisotopic (exact) mass is 417 g/mol. The lowest BCUT2D eigenvalue weighted by atomic mass is 10.2. The molecule has 8 nitrogen and oxygen atoms in total. The van der Waals surface area contributed by atoms with Gasteiger partial charge in [-0.3, -0.25) is 4.57 Å². The molecular weight excluding hydrogens is 404 g/mol. The van der Waals surface area contributed by atoms with Gasteiger partial charge < -0.3 is 10.1 Å². The van der Waals surface area contributed by atoms with E-state index in [1.807, 2.05) is 13.0 Å². The number of aromatic nitrogens is 6. The lowest BCUT2D eigenvalue weighted by molar-refractivity contribution is 0.145. The lowest BCUT2D eigenvalue weighted by Gasteiger charge is -2.12. The number of hydrogen-bond donors (Lipinski definition) is 1. The molecule has 0 atom stereocenters. The lowest BCUT2D eigenvalue weighted by Crippen LogP contribution is -2.02. The zero-order valence-corrected chi connectivity index (χ0v) is 16.0. The second kappa shape index (κ2) is 7.55. The van der Waals surface area contributed by atoms with Gasteiger partial charge in [-0.05, 0) is 25.1 Å². The van der Waals surface area contributed by atoms with Gasteiger partial charge in [0, 0.05) is 6.07 Å². The molecule has 0 unspecified atom stereocenters. The predicted molar refractivity (Wildman–Crippen MR) is 103 cm³/mol. The first-order valence-corrected chi connectivity index (χ1v) is 8.77. The highest BCUT2D eigenvalue weighted by Gasteiger charge is 2.18. The van der Waals surface area contributed by atoms with Gasteiger partial charge in [0.25, 0.3) is 6.43 Å². The SMILES string of the molecule is COc1cc2ncn(-c3cnc(C(F)F)c(Cl)n3)c2cc1Nc1ccc(C)nn1. The molecule has 3 heterocycles. The summed E-state index contributed by atoms with van der Waals surface area (Å²) in [6, 6.07) is 7.13. The van der Waals surface area contributed by atoms with Gasteiger partial charge in [-0.25, -0.2) is 23.7 Å². The Morgan fingerprint density at radius 2 is 2.00 bits per heavy atom. The number of alkyl halides is 2. The molecule has 0 aliphatic heterocycles. The maximum atomic E-state index is 12.9. The van der Waals surface area contributed by atoms with Crippen molar-refractivity contribution in [3.05, 3.63) is 53.3 Å². The average molecular weight is 418 g/mol. The third-order valence-corrected chi connectivity index (χ3v) is 4.40. The van der Waals surface area contributed by atoms with Crippen molar-refractivity contribution in [2.45, 2.75) is 13.3 Å². The number of nitrogens with one attached hydrogen (secondary N) is 1. The van der Waals surface area contributed by atoms with Crippen LogP contribution in [-0.2, 0) is 0 Å². The van der Waals surface area contributed by atoms with Crippen molar-refractivity contribution in [1.82, 2.24) is 29.7 Å². The van der Waals surface area contributed by atoms with Crippen LogP contribution >= 0.6 is 11.6 Å². The first-order chi connectivity index (χ1) is 14.0. The number of hydrogen-bond acceptors (Lipinski definition) is 7. The molecule has 0 bridgehead atoms. The Morgan fingerprint density at radius 1 is 1.17 bits per heavy atom. The van der Waals surface area contributed by atoms with E-state index in [4.69, 9.17) is 16.3 Å². The molecule has 148 valence electrons. The van der Waals surface area contributed by atoms with Gasteiger partial charge in [0.1, 0.15) is 17.8 Å². The molecule has 3 aromatic heterocycles. The molecule has 0 radical (unpaired) electrons. The number of methoxy groups -OCH3 is 1. The molecule has 4 aromatic rings. The fourth-order valence-electron chi connectivity index (χ4n) is 2.72. The maximum absolute atomic E-state index is 12.9. The Kier molecular flexibility index (Phi) is 4.93. The number of nitrogens with zero attached hydrogens (tertiary/aromatic N) is 6. The Labute approximate surface area is 168 Å². The fourth-order valence-corrected chi connectivity index (χ4v) is 2.94. The highest BCUT2D eigenvalue weighted by Crippen LogP contribution is 2.33. The normalized spacial score (nSPS) is 11.2. The van der Waals surface area contributed by atoms with Crippen LogP contribution in [0.2, 0.25) is 5.15 Å². The minimum atomic E-state index is -2.81. The van der Waals surface area contributed by atoms with E-state index in [1.54, 1.807) is 29.9 Å². The van der Waals surface area contributed by atoms with Gasteiger partial charge in [0.05, 0.1) is 35.7 Å². The molecule has 0 aliphatic rings. The summed E-state index contributed by atoms with van der Waals surface area (Å²) in [6.07, 6.45) is -0.0848. The maximum Gasteiger partial charge on any atom is 0.283 e. The molecule has 0 aliphatic carbocycles. The van der Waals surface area contributed by atoms with Crippen LogP contribution < -0.4 is 10.1 Å². The van der Waals surface area contributed by atoms with E-state index >= 15 is 0 Å². The number of aryl methyl sites for hydroxylation is 1. The minimum Gasteiger partial charge on any atom is -0.494 e. The van der Waals surface area contributed by atoms with Gasteiger partial charge in [0.2, 0.25) is 0 Å². The highest BCUT2D eigenvalue weighted by molar-refractivity contribution is 6.30. The molecular formula is C18H14ClF2N7O. The summed E-state index contributed by atoms with van der Waals surface area (Å²) in [4.78, 5) is 12.1. The van der Waals surface area contributed by atoms with Gasteiger partial charge in [-0.2, -0.15) is 5.10 Å². The first-order valence-electron chi connectivity index (χ1n) is 8.39. The summed E-state index contributed by atoms with van der Waals surface area (Å²) in [6.45, 7) is 1.84. The van der Waals surface area contributed by atoms with Crippen LogP contribution in [0, 0.1) is 6.92 Å². The van der Waals surface area contributed by atoms with Crippen molar-refractivity contribution in [2.24, 2.45) is 0 Å². The third-order valence-electron chi connectivity index (χ3n) is 4.13. The topological polar surface area (TPSA) is 90.6 Å². The number of ether oxygens (including phenoxy) is 1.